The Morgan fingerprint density at radius 3 is 0.734 bits per heavy atom. The highest BCUT2D eigenvalue weighted by molar-refractivity contribution is 7.14. The third-order valence-electron chi connectivity index (χ3n) is 22.3. The van der Waals surface area contributed by atoms with Crippen LogP contribution in [0.5, 0.6) is 0 Å². The lowest BCUT2D eigenvalue weighted by Crippen LogP contribution is -2.30. The summed E-state index contributed by atoms with van der Waals surface area (Å²) in [6.45, 7) is 15.0. The summed E-state index contributed by atoms with van der Waals surface area (Å²) in [5, 5.41) is 7.55. The predicted octanol–water partition coefficient (Wildman–Crippen LogP) is 33.8. The van der Waals surface area contributed by atoms with Crippen molar-refractivity contribution in [1.29, 1.82) is 0 Å². The van der Waals surface area contributed by atoms with E-state index in [0.29, 0.717) is 0 Å². The van der Waals surface area contributed by atoms with Crippen LogP contribution in [0.4, 0.5) is 0 Å². The Bertz CT molecular complexity index is 2190. The zero-order valence-electron chi connectivity index (χ0n) is 64.0. The summed E-state index contributed by atoms with van der Waals surface area (Å²) < 4.78 is 7.21. The van der Waals surface area contributed by atoms with Gasteiger partial charge < -0.3 is 4.74 Å². The van der Waals surface area contributed by atoms with Gasteiger partial charge in [-0.1, -0.05) is 444 Å². The van der Waals surface area contributed by atoms with Gasteiger partial charge in [0, 0.05) is 21.9 Å². The molecule has 1 nitrogen and oxygen atoms in total. The third-order valence-corrected chi connectivity index (χ3v) is 24.2. The van der Waals surface area contributed by atoms with Crippen molar-refractivity contribution in [3.05, 3.63) is 70.4 Å². The Labute approximate surface area is 595 Å². The second-order valence-corrected chi connectivity index (χ2v) is 32.7. The number of rotatable bonds is 70. The first-order chi connectivity index (χ1) is 46.4. The van der Waals surface area contributed by atoms with Crippen LogP contribution < -0.4 is 0 Å². The first-order valence-corrected chi connectivity index (χ1v) is 44.6. The van der Waals surface area contributed by atoms with Crippen LogP contribution in [0.1, 0.15) is 464 Å². The van der Waals surface area contributed by atoms with E-state index in [0.717, 1.165) is 19.4 Å². The maximum Gasteiger partial charge on any atom is 0.0945 e. The van der Waals surface area contributed by atoms with Crippen molar-refractivity contribution in [3.63, 3.8) is 0 Å². The summed E-state index contributed by atoms with van der Waals surface area (Å²) >= 11 is 3.95. The first kappa shape index (κ1) is 84.5. The van der Waals surface area contributed by atoms with Crippen LogP contribution in [0.15, 0.2) is 59.3 Å². The lowest BCUT2D eigenvalue weighted by Gasteiger charge is -2.35. The number of unbranched alkanes of at least 4 members (excludes halogenated alkanes) is 56. The van der Waals surface area contributed by atoms with Crippen LogP contribution in [0.25, 0.3) is 31.7 Å². The lowest BCUT2D eigenvalue weighted by atomic mass is 9.73. The molecule has 540 valence electrons. The van der Waals surface area contributed by atoms with Crippen molar-refractivity contribution in [3.8, 4) is 20.9 Å². The summed E-state index contributed by atoms with van der Waals surface area (Å²) in [5.41, 5.74) is 5.88. The van der Waals surface area contributed by atoms with E-state index in [-0.39, 0.29) is 11.0 Å². The first-order valence-electron chi connectivity index (χ1n) is 42.8. The summed E-state index contributed by atoms with van der Waals surface area (Å²) in [6, 6.07) is 20.0. The molecular weight excluding hydrogens is 1170 g/mol. The second kappa shape index (κ2) is 58.8. The molecule has 0 aliphatic heterocycles. The smallest absolute Gasteiger partial charge is 0.0945 e. The van der Waals surface area contributed by atoms with E-state index in [1.165, 1.54) is 435 Å². The molecule has 0 saturated heterocycles. The van der Waals surface area contributed by atoms with Gasteiger partial charge in [0.05, 0.1) is 5.60 Å². The van der Waals surface area contributed by atoms with Gasteiger partial charge in [-0.25, -0.2) is 0 Å². The molecule has 0 N–H and O–H groups in total. The Morgan fingerprint density at radius 2 is 0.479 bits per heavy atom. The molecule has 0 saturated carbocycles. The van der Waals surface area contributed by atoms with Crippen molar-refractivity contribution in [2.75, 3.05) is 6.61 Å². The van der Waals surface area contributed by atoms with Gasteiger partial charge in [0.15, 0.2) is 0 Å². The number of thiophene rings is 2. The lowest BCUT2D eigenvalue weighted by molar-refractivity contribution is -0.0600. The fourth-order valence-corrected chi connectivity index (χ4v) is 18.1. The minimum atomic E-state index is -0.225. The molecule has 0 radical (unpaired) electrons. The molecule has 0 bridgehead atoms. The van der Waals surface area contributed by atoms with E-state index in [4.69, 9.17) is 4.74 Å². The zero-order valence-corrected chi connectivity index (χ0v) is 65.6. The van der Waals surface area contributed by atoms with Crippen molar-refractivity contribution in [1.82, 2.24) is 0 Å². The number of ether oxygens (including phenoxy) is 1. The van der Waals surface area contributed by atoms with Crippen LogP contribution >= 0.6 is 22.7 Å². The van der Waals surface area contributed by atoms with Gasteiger partial charge in [-0.3, -0.25) is 0 Å². The molecule has 94 heavy (non-hydrogen) atoms. The summed E-state index contributed by atoms with van der Waals surface area (Å²) in [5.74, 6) is 0. The van der Waals surface area contributed by atoms with Crippen LogP contribution in [0.2, 0.25) is 0 Å². The fourth-order valence-electron chi connectivity index (χ4n) is 16.1. The Morgan fingerprint density at radius 1 is 0.255 bits per heavy atom. The molecular formula is C91H158OS2. The molecule has 0 aliphatic rings. The Hall–Kier alpha value is -1.94. The highest BCUT2D eigenvalue weighted by Crippen LogP contribution is 2.47. The van der Waals surface area contributed by atoms with Crippen molar-refractivity contribution in [2.45, 2.75) is 463 Å². The fraction of sp³-hybridized carbons (Fsp3) is 0.802. The highest BCUT2D eigenvalue weighted by atomic mass is 32.1. The number of benzene rings is 2. The van der Waals surface area contributed by atoms with Gasteiger partial charge >= 0.3 is 0 Å². The maximum absolute atomic E-state index is 7.21. The molecule has 3 heteroatoms. The van der Waals surface area contributed by atoms with Gasteiger partial charge in [0.2, 0.25) is 0 Å². The monoisotopic (exact) mass is 1330 g/mol. The number of hydrogen-bond acceptors (Lipinski definition) is 3. The third kappa shape index (κ3) is 38.6. The van der Waals surface area contributed by atoms with E-state index in [1.807, 2.05) is 22.7 Å². The summed E-state index contributed by atoms with van der Waals surface area (Å²) in [6.07, 6.45) is 90.0. The van der Waals surface area contributed by atoms with E-state index in [9.17, 15) is 0 Å². The van der Waals surface area contributed by atoms with E-state index >= 15 is 0 Å². The SMILES string of the molecule is CCCCCCCCCCCCCCCCCC(C)(CCCCCCCCCCCCCCCCC)c1ccsc1-c1ccc2cc(-c3sccc3C(CCCCCCCCCCCCCCCCC)(CCCCCCCCCCCCCCCCC)OCC)ccc2c1. The molecule has 0 fully saturated rings. The minimum absolute atomic E-state index is 0.211. The van der Waals surface area contributed by atoms with Crippen molar-refractivity contribution >= 4 is 33.4 Å². The molecule has 2 aromatic heterocycles. The van der Waals surface area contributed by atoms with Crippen molar-refractivity contribution < 1.29 is 4.74 Å². The van der Waals surface area contributed by atoms with E-state index in [1.54, 1.807) is 5.56 Å². The largest absolute Gasteiger partial charge is 0.371 e. The van der Waals surface area contributed by atoms with Gasteiger partial charge in [-0.05, 0) is 101 Å². The van der Waals surface area contributed by atoms with Crippen LogP contribution in [-0.4, -0.2) is 6.61 Å². The Balaban J connectivity index is 1.40. The van der Waals surface area contributed by atoms with Crippen LogP contribution in [0, 0.1) is 0 Å². The van der Waals surface area contributed by atoms with Crippen LogP contribution in [0.3, 0.4) is 0 Å². The van der Waals surface area contributed by atoms with Gasteiger partial charge in [-0.15, -0.1) is 22.7 Å². The number of fused-ring (bicyclic) bond motifs is 1. The molecule has 0 spiro atoms. The summed E-state index contributed by atoms with van der Waals surface area (Å²) in [7, 11) is 0. The standard InChI is InChI=1S/C91H158OS2/c1-7-12-16-20-24-28-32-36-40-44-48-52-56-60-64-74-90(6,75-65-61-57-53-49-45-41-37-33-29-25-21-17-13-8-2)86-72-78-93-88(86)84-70-68-83-81-85(71-69-82(83)80-84)89-87(73-79-94-89)91(92-11-5,76-66-62-58-54-50-46-42-38-34-30-26-22-18-14-9-3)77-67-63-59-55-51-47-43-39-35-31-27-23-19-15-10-4/h68-73,78-81H,7-67,74-77H2,1-6H3. The predicted molar refractivity (Wildman–Crippen MR) is 429 cm³/mol. The van der Waals surface area contributed by atoms with Gasteiger partial charge in [-0.2, -0.15) is 0 Å². The zero-order chi connectivity index (χ0) is 66.8. The molecule has 0 aliphatic carbocycles. The summed E-state index contributed by atoms with van der Waals surface area (Å²) in [4.78, 5) is 2.96. The molecule has 0 atom stereocenters. The average Bonchev–Trinajstić information content (AvgIpc) is 1.51. The minimum Gasteiger partial charge on any atom is -0.371 e. The maximum atomic E-state index is 7.21. The van der Waals surface area contributed by atoms with Gasteiger partial charge in [0.1, 0.15) is 0 Å². The topological polar surface area (TPSA) is 9.23 Å². The second-order valence-electron chi connectivity index (χ2n) is 30.9. The molecule has 0 unspecified atom stereocenters. The molecule has 0 amide bonds. The van der Waals surface area contributed by atoms with Gasteiger partial charge in [0.25, 0.3) is 0 Å². The molecule has 2 heterocycles. The quantitative estimate of drug-likeness (QED) is 0.0400. The molecule has 2 aromatic carbocycles. The van der Waals surface area contributed by atoms with E-state index in [2.05, 4.69) is 101 Å². The van der Waals surface area contributed by atoms with Crippen molar-refractivity contribution in [2.24, 2.45) is 0 Å². The molecule has 4 aromatic rings. The Kier molecular flexibility index (Phi) is 52.9. The van der Waals surface area contributed by atoms with Crippen LogP contribution in [-0.2, 0) is 15.8 Å². The molecule has 4 rings (SSSR count). The van der Waals surface area contributed by atoms with E-state index < -0.39 is 0 Å². The number of hydrogen-bond donors (Lipinski definition) is 0. The average molecular weight is 1330 g/mol. The highest BCUT2D eigenvalue weighted by Gasteiger charge is 2.35. The normalized spacial score (nSPS) is 12.2.